The molecule has 19 heteroatoms. The summed E-state index contributed by atoms with van der Waals surface area (Å²) in [6.07, 6.45) is 76.7. The van der Waals surface area contributed by atoms with E-state index in [1.165, 1.54) is 77.0 Å². The van der Waals surface area contributed by atoms with Crippen LogP contribution in [0, 0.1) is 0 Å². The second-order valence-corrected chi connectivity index (χ2v) is 29.2. The summed E-state index contributed by atoms with van der Waals surface area (Å²) in [4.78, 5) is 72.9. The molecule has 100 heavy (non-hydrogen) atoms. The molecule has 5 atom stereocenters. The van der Waals surface area contributed by atoms with E-state index >= 15 is 0 Å². The quantitative estimate of drug-likeness (QED) is 0.0169. The van der Waals surface area contributed by atoms with Crippen molar-refractivity contribution >= 4 is 39.5 Å². The molecule has 5 unspecified atom stereocenters. The molecule has 0 aliphatic carbocycles. The number of aliphatic hydroxyl groups is 1. The van der Waals surface area contributed by atoms with Crippen molar-refractivity contribution in [2.75, 3.05) is 39.6 Å². The summed E-state index contributed by atoms with van der Waals surface area (Å²) in [5, 5.41) is 10.6. The monoisotopic (exact) mass is 1450 g/mol. The Morgan fingerprint density at radius 2 is 0.540 bits per heavy atom. The first kappa shape index (κ1) is 96.0. The number of carbonyl (C=O) groups is 4. The number of unbranched alkanes of at least 4 members (excludes halogenated alkanes) is 32. The third-order valence-corrected chi connectivity index (χ3v) is 18.4. The van der Waals surface area contributed by atoms with E-state index in [1.807, 2.05) is 0 Å². The lowest BCUT2D eigenvalue weighted by Gasteiger charge is -2.21. The summed E-state index contributed by atoms with van der Waals surface area (Å²) < 4.78 is 68.5. The molecule has 0 aromatic carbocycles. The molecular weight excluding hydrogens is 1310 g/mol. The number of phosphoric ester groups is 2. The van der Waals surface area contributed by atoms with Crippen LogP contribution in [0.5, 0.6) is 0 Å². The van der Waals surface area contributed by atoms with Crippen LogP contribution >= 0.6 is 15.6 Å². The van der Waals surface area contributed by atoms with Crippen molar-refractivity contribution in [2.24, 2.45) is 0 Å². The van der Waals surface area contributed by atoms with Crippen molar-refractivity contribution in [3.05, 3.63) is 97.2 Å². The molecule has 0 aromatic heterocycles. The molecule has 3 N–H and O–H groups in total. The topological polar surface area (TPSA) is 237 Å². The van der Waals surface area contributed by atoms with Gasteiger partial charge in [-0.3, -0.25) is 37.3 Å². The first-order valence-corrected chi connectivity index (χ1v) is 42.5. The average Bonchev–Trinajstić information content (AvgIpc) is 1.06. The largest absolute Gasteiger partial charge is 0.472 e. The van der Waals surface area contributed by atoms with E-state index in [0.717, 1.165) is 180 Å². The van der Waals surface area contributed by atoms with Crippen LogP contribution in [-0.4, -0.2) is 96.7 Å². The second-order valence-electron chi connectivity index (χ2n) is 26.3. The van der Waals surface area contributed by atoms with Gasteiger partial charge in [0.25, 0.3) is 0 Å². The van der Waals surface area contributed by atoms with Gasteiger partial charge in [-0.15, -0.1) is 0 Å². The Morgan fingerprint density at radius 1 is 0.290 bits per heavy atom. The zero-order valence-electron chi connectivity index (χ0n) is 63.1. The maximum Gasteiger partial charge on any atom is 0.472 e. The Kier molecular flexibility index (Phi) is 70.4. The van der Waals surface area contributed by atoms with Gasteiger partial charge in [0, 0.05) is 25.7 Å². The van der Waals surface area contributed by atoms with Gasteiger partial charge in [-0.25, -0.2) is 9.13 Å². The summed E-state index contributed by atoms with van der Waals surface area (Å²) in [6.45, 7) is 4.66. The lowest BCUT2D eigenvalue weighted by atomic mass is 10.1. The Labute approximate surface area is 607 Å². The highest BCUT2D eigenvalue weighted by Gasteiger charge is 2.30. The molecule has 17 nitrogen and oxygen atoms in total. The molecule has 0 rings (SSSR count). The number of allylic oxidation sites excluding steroid dienone is 16. The fourth-order valence-corrected chi connectivity index (χ4v) is 12.1. The van der Waals surface area contributed by atoms with Crippen LogP contribution in [0.4, 0.5) is 0 Å². The van der Waals surface area contributed by atoms with E-state index in [4.69, 9.17) is 37.0 Å². The van der Waals surface area contributed by atoms with Crippen LogP contribution in [0.25, 0.3) is 0 Å². The maximum absolute atomic E-state index is 13.1. The first-order valence-electron chi connectivity index (χ1n) is 39.5. The predicted molar refractivity (Wildman–Crippen MR) is 409 cm³/mol. The molecule has 0 saturated carbocycles. The number of aliphatic hydroxyl groups excluding tert-OH is 1. The van der Waals surface area contributed by atoms with Crippen LogP contribution in [0.3, 0.4) is 0 Å². The van der Waals surface area contributed by atoms with Crippen molar-refractivity contribution in [1.82, 2.24) is 0 Å². The lowest BCUT2D eigenvalue weighted by molar-refractivity contribution is -0.161. The van der Waals surface area contributed by atoms with Gasteiger partial charge in [0.2, 0.25) is 0 Å². The van der Waals surface area contributed by atoms with Crippen LogP contribution in [0.1, 0.15) is 336 Å². The highest BCUT2D eigenvalue weighted by molar-refractivity contribution is 7.47. The molecule has 578 valence electrons. The standard InChI is InChI=1S/C81H142O17P2/c1-5-9-13-17-21-25-29-33-36-37-40-43-46-50-54-58-62-66-79(84)92-72-77(98-81(86)68-64-60-56-52-48-44-39-35-31-27-23-19-15-11-7-3)74-96-100(89,90)94-70-75(82)69-93-99(87,88)95-73-76(97-80(85)67-63-59-55-51-47-41-32-28-24-20-16-12-8-4)71-91-78(83)65-61-57-53-49-45-42-38-34-30-26-22-18-14-10-6-2/h9,13,16,20-21,25,28,32-36,38-40,43,75-77,82H,5-8,10-12,14-15,17-19,22-24,26-27,29-31,37,41-42,44-74H2,1-4H3,(H,87,88)(H,89,90)/b13-9-,20-16-,25-21-,32-28-,36-33-,38-34-,39-35-,43-40-. The number of rotatable bonds is 74. The number of hydrogen-bond acceptors (Lipinski definition) is 15. The SMILES string of the molecule is CC/C=C\C/C=C\C/C=C\C/C=C\CCCCCCC(=O)OCC(COP(=O)(O)OCC(O)COP(=O)(O)OCC(COC(=O)CCCCCCC/C=C\CCCCCCCC)OC(=O)CCCCCCC/C=C\C/C=C\CCC)OC(=O)CCCCCCC/C=C\CCCCCCCC. The van der Waals surface area contributed by atoms with Gasteiger partial charge in [-0.2, -0.15) is 0 Å². The van der Waals surface area contributed by atoms with Gasteiger partial charge in [-0.05, 0) is 141 Å². The first-order chi connectivity index (χ1) is 48.7. The molecule has 0 spiro atoms. The fourth-order valence-electron chi connectivity index (χ4n) is 10.5. The number of ether oxygens (including phenoxy) is 4. The second kappa shape index (κ2) is 73.3. The maximum atomic E-state index is 13.1. The van der Waals surface area contributed by atoms with Crippen molar-refractivity contribution in [1.29, 1.82) is 0 Å². The summed E-state index contributed by atoms with van der Waals surface area (Å²) in [5.41, 5.74) is 0. The van der Waals surface area contributed by atoms with Gasteiger partial charge in [0.05, 0.1) is 26.4 Å². The van der Waals surface area contributed by atoms with Crippen LogP contribution in [0.2, 0.25) is 0 Å². The molecule has 0 fully saturated rings. The van der Waals surface area contributed by atoms with E-state index in [0.29, 0.717) is 25.7 Å². The molecule has 0 aliphatic rings. The molecule has 0 heterocycles. The van der Waals surface area contributed by atoms with E-state index in [-0.39, 0.29) is 25.7 Å². The van der Waals surface area contributed by atoms with E-state index in [2.05, 4.69) is 125 Å². The Hall–Kier alpha value is -4.02. The van der Waals surface area contributed by atoms with Gasteiger partial charge in [0.1, 0.15) is 19.3 Å². The zero-order chi connectivity index (χ0) is 73.2. The van der Waals surface area contributed by atoms with Crippen LogP contribution in [0.15, 0.2) is 97.2 Å². The number of hydrogen-bond donors (Lipinski definition) is 3. The molecule has 0 aromatic rings. The molecule has 0 bridgehead atoms. The normalized spacial score (nSPS) is 14.4. The third kappa shape index (κ3) is 72.3. The average molecular weight is 1450 g/mol. The lowest BCUT2D eigenvalue weighted by Crippen LogP contribution is -2.30. The Morgan fingerprint density at radius 3 is 0.850 bits per heavy atom. The fraction of sp³-hybridized carbons (Fsp3) is 0.753. The number of esters is 4. The predicted octanol–water partition coefficient (Wildman–Crippen LogP) is 22.8. The number of carbonyl (C=O) groups excluding carboxylic acids is 4. The van der Waals surface area contributed by atoms with Gasteiger partial charge in [-0.1, -0.05) is 266 Å². The van der Waals surface area contributed by atoms with Crippen molar-refractivity contribution in [3.63, 3.8) is 0 Å². The Bertz CT molecular complexity index is 2270. The van der Waals surface area contributed by atoms with Gasteiger partial charge >= 0.3 is 39.5 Å². The smallest absolute Gasteiger partial charge is 0.462 e. The van der Waals surface area contributed by atoms with E-state index in [1.54, 1.807) is 0 Å². The van der Waals surface area contributed by atoms with Crippen molar-refractivity contribution in [2.45, 2.75) is 354 Å². The molecular formula is C81H142O17P2. The van der Waals surface area contributed by atoms with Gasteiger partial charge in [0.15, 0.2) is 12.2 Å². The molecule has 0 radical (unpaired) electrons. The summed E-state index contributed by atoms with van der Waals surface area (Å²) in [7, 11) is -9.96. The molecule has 0 amide bonds. The van der Waals surface area contributed by atoms with Crippen molar-refractivity contribution < 1.29 is 80.2 Å². The van der Waals surface area contributed by atoms with Gasteiger partial charge < -0.3 is 33.8 Å². The summed E-state index contributed by atoms with van der Waals surface area (Å²) in [6, 6.07) is 0. The highest BCUT2D eigenvalue weighted by atomic mass is 31.2. The minimum Gasteiger partial charge on any atom is -0.462 e. The molecule has 0 aliphatic heterocycles. The van der Waals surface area contributed by atoms with Crippen LogP contribution in [-0.2, 0) is 65.4 Å². The highest BCUT2D eigenvalue weighted by Crippen LogP contribution is 2.45. The van der Waals surface area contributed by atoms with Crippen molar-refractivity contribution in [3.8, 4) is 0 Å². The minimum atomic E-state index is -4.98. The van der Waals surface area contributed by atoms with E-state index in [9.17, 15) is 43.2 Å². The summed E-state index contributed by atoms with van der Waals surface area (Å²) in [5.74, 6) is -2.22. The number of phosphoric acid groups is 2. The summed E-state index contributed by atoms with van der Waals surface area (Å²) >= 11 is 0. The Balaban J connectivity index is 5.38. The zero-order valence-corrected chi connectivity index (χ0v) is 64.9. The van der Waals surface area contributed by atoms with Crippen LogP contribution < -0.4 is 0 Å². The molecule has 0 saturated heterocycles. The minimum absolute atomic E-state index is 0.0774. The van der Waals surface area contributed by atoms with E-state index < -0.39 is 97.5 Å². The third-order valence-electron chi connectivity index (χ3n) is 16.5.